The van der Waals surface area contributed by atoms with Crippen molar-refractivity contribution in [3.8, 4) is 0 Å². The molecule has 1 aliphatic rings. The largest absolute Gasteiger partial charge is 0.481 e. The highest BCUT2D eigenvalue weighted by Gasteiger charge is 2.37. The number of rotatable bonds is 4. The molecule has 21 heavy (non-hydrogen) atoms. The summed E-state index contributed by atoms with van der Waals surface area (Å²) in [6.45, 7) is 0.0635. The standard InChI is InChI=1S/C13H15F2NO4S/c14-10-5-3-6-11(15)13(10)21(19,20)16-7-2-1-4-9(16)8-12(17)18/h3,5-6,9H,1-2,4,7-8H2,(H,17,18). The van der Waals surface area contributed by atoms with Crippen molar-refractivity contribution in [2.24, 2.45) is 0 Å². The normalized spacial score (nSPS) is 20.4. The molecule has 1 heterocycles. The molecule has 116 valence electrons. The summed E-state index contributed by atoms with van der Waals surface area (Å²) in [5, 5.41) is 8.86. The summed E-state index contributed by atoms with van der Waals surface area (Å²) in [7, 11) is -4.40. The van der Waals surface area contributed by atoms with Crippen LogP contribution in [0.1, 0.15) is 25.7 Å². The monoisotopic (exact) mass is 319 g/mol. The number of carbonyl (C=O) groups is 1. The lowest BCUT2D eigenvalue weighted by Gasteiger charge is -2.33. The van der Waals surface area contributed by atoms with Crippen LogP contribution in [0.3, 0.4) is 0 Å². The van der Waals surface area contributed by atoms with Gasteiger partial charge in [-0.05, 0) is 25.0 Å². The van der Waals surface area contributed by atoms with Gasteiger partial charge < -0.3 is 5.11 Å². The molecule has 1 aliphatic heterocycles. The Hall–Kier alpha value is -1.54. The van der Waals surface area contributed by atoms with Crippen molar-refractivity contribution >= 4 is 16.0 Å². The minimum atomic E-state index is -4.40. The van der Waals surface area contributed by atoms with Crippen molar-refractivity contribution in [1.29, 1.82) is 0 Å². The van der Waals surface area contributed by atoms with Crippen molar-refractivity contribution in [2.75, 3.05) is 6.54 Å². The van der Waals surface area contributed by atoms with E-state index >= 15 is 0 Å². The van der Waals surface area contributed by atoms with Crippen molar-refractivity contribution in [1.82, 2.24) is 4.31 Å². The Morgan fingerprint density at radius 2 is 1.90 bits per heavy atom. The SMILES string of the molecule is O=C(O)CC1CCCCN1S(=O)(=O)c1c(F)cccc1F. The number of nitrogens with zero attached hydrogens (tertiary/aromatic N) is 1. The lowest BCUT2D eigenvalue weighted by Crippen LogP contribution is -2.45. The molecule has 2 rings (SSSR count). The summed E-state index contributed by atoms with van der Waals surface area (Å²) in [5.41, 5.74) is 0. The van der Waals surface area contributed by atoms with Crippen molar-refractivity contribution in [2.45, 2.75) is 36.6 Å². The number of carboxylic acids is 1. The third-order valence-electron chi connectivity index (χ3n) is 3.47. The summed E-state index contributed by atoms with van der Waals surface area (Å²) >= 11 is 0. The highest BCUT2D eigenvalue weighted by Crippen LogP contribution is 2.29. The second-order valence-electron chi connectivity index (χ2n) is 4.91. The molecule has 0 saturated carbocycles. The van der Waals surface area contributed by atoms with Gasteiger partial charge in [-0.25, -0.2) is 17.2 Å². The van der Waals surface area contributed by atoms with E-state index in [0.717, 1.165) is 22.5 Å². The quantitative estimate of drug-likeness (QED) is 0.921. The van der Waals surface area contributed by atoms with E-state index in [2.05, 4.69) is 0 Å². The molecule has 0 bridgehead atoms. The molecule has 0 aliphatic carbocycles. The average Bonchev–Trinajstić information content (AvgIpc) is 2.37. The highest BCUT2D eigenvalue weighted by atomic mass is 32.2. The van der Waals surface area contributed by atoms with Crippen molar-refractivity contribution in [3.63, 3.8) is 0 Å². The molecule has 1 aromatic carbocycles. The Kier molecular flexibility index (Phi) is 4.58. The number of halogens is 2. The second kappa shape index (κ2) is 6.07. The first kappa shape index (κ1) is 15.8. The second-order valence-corrected chi connectivity index (χ2v) is 6.74. The molecule has 0 aromatic heterocycles. The van der Waals surface area contributed by atoms with E-state index in [1.165, 1.54) is 0 Å². The van der Waals surface area contributed by atoms with Gasteiger partial charge in [0.15, 0.2) is 4.90 Å². The van der Waals surface area contributed by atoms with Crippen LogP contribution >= 0.6 is 0 Å². The highest BCUT2D eigenvalue weighted by molar-refractivity contribution is 7.89. The molecule has 1 saturated heterocycles. The predicted octanol–water partition coefficient (Wildman–Crippen LogP) is 1.98. The van der Waals surface area contributed by atoms with Crippen LogP contribution in [0.4, 0.5) is 8.78 Å². The minimum absolute atomic E-state index is 0.0635. The van der Waals surface area contributed by atoms with Crippen LogP contribution in [-0.4, -0.2) is 36.4 Å². The fourth-order valence-corrected chi connectivity index (χ4v) is 4.35. The Morgan fingerprint density at radius 1 is 1.29 bits per heavy atom. The van der Waals surface area contributed by atoms with Crippen LogP contribution in [0.5, 0.6) is 0 Å². The lowest BCUT2D eigenvalue weighted by atomic mass is 10.0. The van der Waals surface area contributed by atoms with Gasteiger partial charge in [-0.2, -0.15) is 4.31 Å². The van der Waals surface area contributed by atoms with E-state index in [-0.39, 0.29) is 13.0 Å². The van der Waals surface area contributed by atoms with E-state index in [1.807, 2.05) is 0 Å². The molecule has 8 heteroatoms. The predicted molar refractivity (Wildman–Crippen MR) is 70.1 cm³/mol. The molecule has 1 atom stereocenters. The third-order valence-corrected chi connectivity index (χ3v) is 5.47. The molecule has 1 N–H and O–H groups in total. The number of sulfonamides is 1. The molecule has 0 spiro atoms. The summed E-state index contributed by atoms with van der Waals surface area (Å²) in [6, 6.07) is 2.03. The molecule has 5 nitrogen and oxygen atoms in total. The smallest absolute Gasteiger partial charge is 0.304 e. The third kappa shape index (κ3) is 3.21. The van der Waals surface area contributed by atoms with Crippen LogP contribution in [0.25, 0.3) is 0 Å². The number of piperidine rings is 1. The molecular formula is C13H15F2NO4S. The lowest BCUT2D eigenvalue weighted by molar-refractivity contribution is -0.138. The van der Waals surface area contributed by atoms with Gasteiger partial charge in [0.1, 0.15) is 11.6 Å². The average molecular weight is 319 g/mol. The maximum Gasteiger partial charge on any atom is 0.304 e. The fraction of sp³-hybridized carbons (Fsp3) is 0.462. The fourth-order valence-electron chi connectivity index (χ4n) is 2.54. The van der Waals surface area contributed by atoms with E-state index in [9.17, 15) is 22.0 Å². The maximum absolute atomic E-state index is 13.7. The summed E-state index contributed by atoms with van der Waals surface area (Å²) < 4.78 is 53.3. The summed E-state index contributed by atoms with van der Waals surface area (Å²) in [6.07, 6.45) is 1.20. The van der Waals surface area contributed by atoms with Crippen molar-refractivity contribution in [3.05, 3.63) is 29.8 Å². The maximum atomic E-state index is 13.7. The number of aliphatic carboxylic acids is 1. The van der Waals surface area contributed by atoms with E-state index < -0.39 is 38.6 Å². The molecule has 1 aromatic rings. The van der Waals surface area contributed by atoms with Crippen LogP contribution < -0.4 is 0 Å². The van der Waals surface area contributed by atoms with Crippen molar-refractivity contribution < 1.29 is 27.1 Å². The van der Waals surface area contributed by atoms with Gasteiger partial charge in [-0.3, -0.25) is 4.79 Å². The van der Waals surface area contributed by atoms with E-state index in [4.69, 9.17) is 5.11 Å². The molecule has 1 unspecified atom stereocenters. The summed E-state index contributed by atoms with van der Waals surface area (Å²) in [5.74, 6) is -3.49. The molecule has 0 amide bonds. The number of carboxylic acid groups (broad SMARTS) is 1. The first-order valence-electron chi connectivity index (χ1n) is 6.51. The van der Waals surface area contributed by atoms with Gasteiger partial charge in [0, 0.05) is 12.6 Å². The number of benzene rings is 1. The zero-order valence-corrected chi connectivity index (χ0v) is 11.9. The zero-order chi connectivity index (χ0) is 15.6. The zero-order valence-electron chi connectivity index (χ0n) is 11.1. The van der Waals surface area contributed by atoms with Crippen LogP contribution in [0.2, 0.25) is 0 Å². The van der Waals surface area contributed by atoms with Crippen LogP contribution in [0, 0.1) is 11.6 Å². The Balaban J connectivity index is 2.43. The van der Waals surface area contributed by atoms with Gasteiger partial charge in [-0.1, -0.05) is 12.5 Å². The van der Waals surface area contributed by atoms with E-state index in [0.29, 0.717) is 19.3 Å². The molecule has 0 radical (unpaired) electrons. The summed E-state index contributed by atoms with van der Waals surface area (Å²) in [4.78, 5) is 9.83. The topological polar surface area (TPSA) is 74.7 Å². The Labute approximate surface area is 121 Å². The Morgan fingerprint density at radius 3 is 2.48 bits per heavy atom. The van der Waals surface area contributed by atoms with Gasteiger partial charge in [0.05, 0.1) is 6.42 Å². The minimum Gasteiger partial charge on any atom is -0.481 e. The van der Waals surface area contributed by atoms with Gasteiger partial charge in [-0.15, -0.1) is 0 Å². The van der Waals surface area contributed by atoms with Crippen LogP contribution in [-0.2, 0) is 14.8 Å². The van der Waals surface area contributed by atoms with Gasteiger partial charge in [0.25, 0.3) is 0 Å². The number of hydrogen-bond acceptors (Lipinski definition) is 3. The molecular weight excluding hydrogens is 304 g/mol. The first-order valence-corrected chi connectivity index (χ1v) is 7.95. The molecule has 1 fully saturated rings. The van der Waals surface area contributed by atoms with Crippen LogP contribution in [0.15, 0.2) is 23.1 Å². The Bertz CT molecular complexity index is 627. The van der Waals surface area contributed by atoms with Gasteiger partial charge >= 0.3 is 5.97 Å². The van der Waals surface area contributed by atoms with Gasteiger partial charge in [0.2, 0.25) is 10.0 Å². The van der Waals surface area contributed by atoms with E-state index in [1.54, 1.807) is 0 Å². The first-order chi connectivity index (χ1) is 9.84. The number of hydrogen-bond donors (Lipinski definition) is 1.